The molecule has 1 heterocycles. The number of aliphatic hydroxyl groups is 2. The fourth-order valence-corrected chi connectivity index (χ4v) is 2.22. The highest BCUT2D eigenvalue weighted by Gasteiger charge is 2.23. The molecule has 2 aromatic rings. The Morgan fingerprint density at radius 3 is 2.70 bits per heavy atom. The second-order valence-corrected chi connectivity index (χ2v) is 4.97. The summed E-state index contributed by atoms with van der Waals surface area (Å²) in [5, 5.41) is 38.1. The molecule has 7 nitrogen and oxygen atoms in total. The summed E-state index contributed by atoms with van der Waals surface area (Å²) in [6.45, 7) is -0.707. The maximum atomic E-state index is 13.2. The van der Waals surface area contributed by atoms with Crippen LogP contribution in [0.3, 0.4) is 0 Å². The van der Waals surface area contributed by atoms with Crippen molar-refractivity contribution in [3.8, 4) is 5.75 Å². The Balaban J connectivity index is 2.52. The van der Waals surface area contributed by atoms with E-state index in [2.05, 4.69) is 4.98 Å². The first kappa shape index (κ1) is 17.1. The number of aromatic nitrogens is 1. The molecule has 2 rings (SSSR count). The molecule has 0 aliphatic rings. The van der Waals surface area contributed by atoms with Crippen LogP contribution in [0, 0.1) is 5.82 Å². The van der Waals surface area contributed by atoms with Gasteiger partial charge in [0.05, 0.1) is 11.6 Å². The second-order valence-electron chi connectivity index (χ2n) is 4.56. The molecule has 0 fully saturated rings. The zero-order valence-electron chi connectivity index (χ0n) is 11.5. The first-order valence-electron chi connectivity index (χ1n) is 6.29. The quantitative estimate of drug-likeness (QED) is 0.421. The summed E-state index contributed by atoms with van der Waals surface area (Å²) in [5.74, 6) is -2.44. The molecule has 0 saturated heterocycles. The van der Waals surface area contributed by atoms with Crippen LogP contribution in [0.5, 0.6) is 5.75 Å². The lowest BCUT2D eigenvalue weighted by atomic mass is 9.97. The first-order chi connectivity index (χ1) is 10.9. The Hall–Kier alpha value is -2.26. The van der Waals surface area contributed by atoms with Gasteiger partial charge in [-0.25, -0.2) is 14.9 Å². The fraction of sp³-hybridized carbons (Fsp3) is 0.143. The molecule has 9 heteroatoms. The predicted octanol–water partition coefficient (Wildman–Crippen LogP) is 1.27. The van der Waals surface area contributed by atoms with Gasteiger partial charge in [-0.15, -0.1) is 0 Å². The van der Waals surface area contributed by atoms with E-state index in [0.29, 0.717) is 0 Å². The number of nitrogens with one attached hydrogen (secondary N) is 1. The van der Waals surface area contributed by atoms with Gasteiger partial charge in [-0.2, -0.15) is 0 Å². The molecular formula is C14H12ClFN2O5. The van der Waals surface area contributed by atoms with Crippen LogP contribution in [0.1, 0.15) is 33.3 Å². The van der Waals surface area contributed by atoms with Gasteiger partial charge in [0.15, 0.2) is 11.4 Å². The molecule has 1 amide bonds. The van der Waals surface area contributed by atoms with Crippen molar-refractivity contribution in [1.82, 2.24) is 10.5 Å². The van der Waals surface area contributed by atoms with E-state index in [0.717, 1.165) is 12.3 Å². The van der Waals surface area contributed by atoms with Gasteiger partial charge < -0.3 is 15.3 Å². The summed E-state index contributed by atoms with van der Waals surface area (Å²) in [7, 11) is 0. The van der Waals surface area contributed by atoms with Crippen molar-refractivity contribution in [1.29, 1.82) is 0 Å². The van der Waals surface area contributed by atoms with Crippen molar-refractivity contribution in [2.45, 2.75) is 12.7 Å². The van der Waals surface area contributed by atoms with Crippen LogP contribution in [0.2, 0.25) is 5.02 Å². The van der Waals surface area contributed by atoms with Crippen LogP contribution < -0.4 is 5.48 Å². The van der Waals surface area contributed by atoms with Crippen molar-refractivity contribution >= 4 is 17.5 Å². The number of carbonyl (C=O) groups is 1. The van der Waals surface area contributed by atoms with Crippen molar-refractivity contribution in [3.63, 3.8) is 0 Å². The lowest BCUT2D eigenvalue weighted by Gasteiger charge is -2.17. The maximum Gasteiger partial charge on any atom is 0.297 e. The van der Waals surface area contributed by atoms with Crippen LogP contribution in [-0.4, -0.2) is 31.4 Å². The predicted molar refractivity (Wildman–Crippen MR) is 76.5 cm³/mol. The van der Waals surface area contributed by atoms with E-state index in [1.165, 1.54) is 17.6 Å². The van der Waals surface area contributed by atoms with Gasteiger partial charge in [-0.05, 0) is 17.7 Å². The molecule has 122 valence electrons. The number of hydrogen-bond donors (Lipinski definition) is 5. The minimum absolute atomic E-state index is 0.00200. The van der Waals surface area contributed by atoms with Gasteiger partial charge in [0.25, 0.3) is 5.91 Å². The minimum atomic E-state index is -1.38. The number of carbonyl (C=O) groups excluding carboxylic acids is 1. The number of nitrogens with zero attached hydrogens (tertiary/aromatic N) is 1. The summed E-state index contributed by atoms with van der Waals surface area (Å²) in [6, 6.07) is 3.52. The number of rotatable bonds is 4. The van der Waals surface area contributed by atoms with E-state index >= 15 is 0 Å². The van der Waals surface area contributed by atoms with Crippen LogP contribution in [0.15, 0.2) is 24.4 Å². The van der Waals surface area contributed by atoms with Gasteiger partial charge >= 0.3 is 0 Å². The first-order valence-corrected chi connectivity index (χ1v) is 6.67. The van der Waals surface area contributed by atoms with Crippen LogP contribution in [0.4, 0.5) is 4.39 Å². The molecule has 0 aliphatic carbocycles. The topological polar surface area (TPSA) is 123 Å². The smallest absolute Gasteiger partial charge is 0.297 e. The Kier molecular flexibility index (Phi) is 5.12. The van der Waals surface area contributed by atoms with Crippen molar-refractivity contribution in [2.75, 3.05) is 0 Å². The van der Waals surface area contributed by atoms with Crippen LogP contribution in [-0.2, 0) is 6.61 Å². The van der Waals surface area contributed by atoms with Crippen LogP contribution >= 0.6 is 11.6 Å². The number of hydroxylamine groups is 1. The van der Waals surface area contributed by atoms with Gasteiger partial charge in [0.2, 0.25) is 0 Å². The summed E-state index contributed by atoms with van der Waals surface area (Å²) in [6.07, 6.45) is -0.322. The highest BCUT2D eigenvalue weighted by atomic mass is 35.5. The van der Waals surface area contributed by atoms with Crippen molar-refractivity contribution in [2.24, 2.45) is 0 Å². The Bertz CT molecular complexity index is 756. The molecule has 0 aliphatic heterocycles. The third-order valence-electron chi connectivity index (χ3n) is 3.22. The third-order valence-corrected chi connectivity index (χ3v) is 3.51. The third kappa shape index (κ3) is 3.25. The van der Waals surface area contributed by atoms with E-state index in [1.54, 1.807) is 0 Å². The molecule has 0 bridgehead atoms. The molecule has 0 unspecified atom stereocenters. The SMILES string of the molecule is O=C(NO)c1ncc([C@@H](O)c2ccc(F)c(Cl)c2)c(CO)c1O. The standard InChI is InChI=1S/C14H12ClFN2O5/c15-9-3-6(1-2-10(9)16)12(20)7-4-17-11(14(22)18-23)13(21)8(7)5-19/h1-4,12,19-21,23H,5H2,(H,18,22)/t12-/m0/s1. The van der Waals surface area contributed by atoms with Gasteiger partial charge in [0.1, 0.15) is 11.9 Å². The normalized spacial score (nSPS) is 12.0. The lowest BCUT2D eigenvalue weighted by molar-refractivity contribution is 0.0696. The number of aliphatic hydroxyl groups excluding tert-OH is 2. The monoisotopic (exact) mass is 342 g/mol. The Labute approximate surface area is 134 Å². The average Bonchev–Trinajstić information content (AvgIpc) is 2.55. The van der Waals surface area contributed by atoms with E-state index in [1.807, 2.05) is 0 Å². The zero-order chi connectivity index (χ0) is 17.1. The van der Waals surface area contributed by atoms with E-state index in [4.69, 9.17) is 16.8 Å². The molecule has 1 aromatic carbocycles. The van der Waals surface area contributed by atoms with Crippen molar-refractivity contribution < 1.29 is 29.7 Å². The molecular weight excluding hydrogens is 331 g/mol. The number of aromatic hydroxyl groups is 1. The van der Waals surface area contributed by atoms with Gasteiger partial charge in [-0.1, -0.05) is 17.7 Å². The molecule has 0 spiro atoms. The molecule has 1 atom stereocenters. The molecule has 0 saturated carbocycles. The van der Waals surface area contributed by atoms with Crippen LogP contribution in [0.25, 0.3) is 0 Å². The summed E-state index contributed by atoms with van der Waals surface area (Å²) >= 11 is 5.65. The number of pyridine rings is 1. The Morgan fingerprint density at radius 1 is 1.43 bits per heavy atom. The molecule has 1 aromatic heterocycles. The number of benzene rings is 1. The highest BCUT2D eigenvalue weighted by molar-refractivity contribution is 6.30. The summed E-state index contributed by atoms with van der Waals surface area (Å²) in [4.78, 5) is 15.0. The molecule has 23 heavy (non-hydrogen) atoms. The lowest BCUT2D eigenvalue weighted by Crippen LogP contribution is -2.21. The van der Waals surface area contributed by atoms with E-state index in [-0.39, 0.29) is 21.7 Å². The molecule has 5 N–H and O–H groups in total. The number of halogens is 2. The largest absolute Gasteiger partial charge is 0.505 e. The summed E-state index contributed by atoms with van der Waals surface area (Å²) < 4.78 is 13.2. The number of hydrogen-bond acceptors (Lipinski definition) is 6. The van der Waals surface area contributed by atoms with E-state index < -0.39 is 35.9 Å². The van der Waals surface area contributed by atoms with E-state index in [9.17, 15) is 24.5 Å². The highest BCUT2D eigenvalue weighted by Crippen LogP contribution is 2.32. The van der Waals surface area contributed by atoms with Crippen molar-refractivity contribution in [3.05, 3.63) is 57.6 Å². The Morgan fingerprint density at radius 2 is 2.13 bits per heavy atom. The molecule has 0 radical (unpaired) electrons. The fourth-order valence-electron chi connectivity index (χ4n) is 2.04. The second kappa shape index (κ2) is 6.88. The zero-order valence-corrected chi connectivity index (χ0v) is 12.3. The summed E-state index contributed by atoms with van der Waals surface area (Å²) in [5.41, 5.74) is 0.821. The average molecular weight is 343 g/mol. The number of amides is 1. The minimum Gasteiger partial charge on any atom is -0.505 e. The maximum absolute atomic E-state index is 13.2. The van der Waals surface area contributed by atoms with Gasteiger partial charge in [0, 0.05) is 17.3 Å². The van der Waals surface area contributed by atoms with Gasteiger partial charge in [-0.3, -0.25) is 10.0 Å².